The number of rotatable bonds is 8. The van der Waals surface area contributed by atoms with Crippen molar-refractivity contribution in [2.75, 3.05) is 17.2 Å². The summed E-state index contributed by atoms with van der Waals surface area (Å²) in [6.07, 6.45) is 3.82. The van der Waals surface area contributed by atoms with Crippen LogP contribution < -0.4 is 9.04 Å². The van der Waals surface area contributed by atoms with Crippen LogP contribution in [-0.2, 0) is 23.0 Å². The van der Waals surface area contributed by atoms with E-state index >= 15 is 0 Å². The molecule has 0 aliphatic carbocycles. The minimum Gasteiger partial charge on any atom is -0.497 e. The second-order valence-corrected chi connectivity index (χ2v) is 8.13. The number of hydrogen-bond acceptors (Lipinski definition) is 4. The highest BCUT2D eigenvalue weighted by Gasteiger charge is 2.23. The highest BCUT2D eigenvalue weighted by atomic mass is 32.2. The summed E-state index contributed by atoms with van der Waals surface area (Å²) in [6, 6.07) is 20.3. The van der Waals surface area contributed by atoms with E-state index in [0.717, 1.165) is 11.1 Å². The van der Waals surface area contributed by atoms with E-state index in [1.54, 1.807) is 49.8 Å². The average molecular weight is 382 g/mol. The van der Waals surface area contributed by atoms with E-state index in [1.807, 2.05) is 36.4 Å². The SMILES string of the molecule is COc1ccc(N(Cc2cccnc2)S(=O)(=O)CCc2ccccc2)cc1. The van der Waals surface area contributed by atoms with E-state index in [1.165, 1.54) is 4.31 Å². The Kier molecular flexibility index (Phi) is 6.08. The molecule has 0 aliphatic heterocycles. The lowest BCUT2D eigenvalue weighted by molar-refractivity contribution is 0.415. The second kappa shape index (κ2) is 8.68. The molecule has 3 rings (SSSR count). The lowest BCUT2D eigenvalue weighted by Gasteiger charge is -2.25. The smallest absolute Gasteiger partial charge is 0.235 e. The van der Waals surface area contributed by atoms with Crippen LogP contribution in [0.5, 0.6) is 5.75 Å². The highest BCUT2D eigenvalue weighted by Crippen LogP contribution is 2.24. The van der Waals surface area contributed by atoms with Crippen molar-refractivity contribution in [2.24, 2.45) is 0 Å². The van der Waals surface area contributed by atoms with Crippen molar-refractivity contribution in [1.82, 2.24) is 4.98 Å². The van der Waals surface area contributed by atoms with Crippen molar-refractivity contribution in [3.8, 4) is 5.75 Å². The second-order valence-electron chi connectivity index (χ2n) is 6.12. The molecule has 2 aromatic carbocycles. The first-order valence-corrected chi connectivity index (χ1v) is 10.3. The third kappa shape index (κ3) is 5.08. The molecule has 0 saturated heterocycles. The van der Waals surface area contributed by atoms with Gasteiger partial charge in [0, 0.05) is 12.4 Å². The molecular formula is C21H22N2O3S. The van der Waals surface area contributed by atoms with E-state index < -0.39 is 10.0 Å². The van der Waals surface area contributed by atoms with Crippen LogP contribution in [0.2, 0.25) is 0 Å². The molecule has 3 aromatic rings. The number of methoxy groups -OCH3 is 1. The normalized spacial score (nSPS) is 11.1. The third-order valence-electron chi connectivity index (χ3n) is 4.24. The zero-order valence-electron chi connectivity index (χ0n) is 15.2. The van der Waals surface area contributed by atoms with Crippen LogP contribution in [0.4, 0.5) is 5.69 Å². The van der Waals surface area contributed by atoms with Gasteiger partial charge in [0.1, 0.15) is 5.75 Å². The fourth-order valence-electron chi connectivity index (χ4n) is 2.76. The minimum absolute atomic E-state index is 0.0311. The molecule has 27 heavy (non-hydrogen) atoms. The topological polar surface area (TPSA) is 59.5 Å². The number of sulfonamides is 1. The zero-order chi connectivity index (χ0) is 19.1. The monoisotopic (exact) mass is 382 g/mol. The van der Waals surface area contributed by atoms with Crippen LogP contribution in [0.1, 0.15) is 11.1 Å². The minimum atomic E-state index is -3.53. The molecule has 0 unspecified atom stereocenters. The van der Waals surface area contributed by atoms with Crippen LogP contribution in [0, 0.1) is 0 Å². The Hall–Kier alpha value is -2.86. The molecule has 1 aromatic heterocycles. The summed E-state index contributed by atoms with van der Waals surface area (Å²) in [5, 5.41) is 0. The molecule has 0 atom stereocenters. The van der Waals surface area contributed by atoms with Crippen LogP contribution in [-0.4, -0.2) is 26.3 Å². The van der Waals surface area contributed by atoms with Crippen molar-refractivity contribution in [3.05, 3.63) is 90.3 Å². The maximum absolute atomic E-state index is 13.1. The van der Waals surface area contributed by atoms with Gasteiger partial charge in [-0.05, 0) is 47.9 Å². The molecule has 0 fully saturated rings. The number of aryl methyl sites for hydroxylation is 1. The summed E-state index contributed by atoms with van der Waals surface area (Å²) in [6.45, 7) is 0.233. The van der Waals surface area contributed by atoms with E-state index in [9.17, 15) is 8.42 Å². The van der Waals surface area contributed by atoms with E-state index in [2.05, 4.69) is 4.98 Å². The summed E-state index contributed by atoms with van der Waals surface area (Å²) in [7, 11) is -1.94. The molecule has 0 spiro atoms. The van der Waals surface area contributed by atoms with Gasteiger partial charge < -0.3 is 4.74 Å². The lowest BCUT2D eigenvalue weighted by atomic mass is 10.2. The van der Waals surface area contributed by atoms with Crippen LogP contribution in [0.15, 0.2) is 79.1 Å². The molecule has 1 heterocycles. The average Bonchev–Trinajstić information content (AvgIpc) is 2.72. The number of aromatic nitrogens is 1. The van der Waals surface area contributed by atoms with Crippen LogP contribution in [0.3, 0.4) is 0 Å². The molecule has 0 bridgehead atoms. The first kappa shape index (κ1) is 18.9. The summed E-state index contributed by atoms with van der Waals surface area (Å²) < 4.78 is 32.9. The largest absolute Gasteiger partial charge is 0.497 e. The number of ether oxygens (including phenoxy) is 1. The Morgan fingerprint density at radius 3 is 2.26 bits per heavy atom. The molecule has 0 N–H and O–H groups in total. The van der Waals surface area contributed by atoms with Gasteiger partial charge in [0.2, 0.25) is 10.0 Å². The maximum Gasteiger partial charge on any atom is 0.235 e. The molecule has 0 radical (unpaired) electrons. The van der Waals surface area contributed by atoms with Gasteiger partial charge in [0.25, 0.3) is 0 Å². The predicted octanol–water partition coefficient (Wildman–Crippen LogP) is 3.67. The van der Waals surface area contributed by atoms with Crippen molar-refractivity contribution >= 4 is 15.7 Å². The number of nitrogens with zero attached hydrogens (tertiary/aromatic N) is 2. The summed E-state index contributed by atoms with van der Waals surface area (Å²) in [4.78, 5) is 4.09. The highest BCUT2D eigenvalue weighted by molar-refractivity contribution is 7.92. The quantitative estimate of drug-likeness (QED) is 0.596. The van der Waals surface area contributed by atoms with Crippen molar-refractivity contribution in [2.45, 2.75) is 13.0 Å². The molecule has 6 heteroatoms. The Bertz CT molecular complexity index is 944. The van der Waals surface area contributed by atoms with Gasteiger partial charge in [-0.2, -0.15) is 0 Å². The Balaban J connectivity index is 1.87. The zero-order valence-corrected chi connectivity index (χ0v) is 16.0. The Morgan fingerprint density at radius 2 is 1.63 bits per heavy atom. The Labute approximate surface area is 160 Å². The maximum atomic E-state index is 13.1. The van der Waals surface area contributed by atoms with Crippen molar-refractivity contribution in [3.63, 3.8) is 0 Å². The number of anilines is 1. The van der Waals surface area contributed by atoms with E-state index in [0.29, 0.717) is 17.9 Å². The summed E-state index contributed by atoms with van der Waals surface area (Å²) in [5.41, 5.74) is 2.43. The van der Waals surface area contributed by atoms with Gasteiger partial charge in [-0.15, -0.1) is 0 Å². The van der Waals surface area contributed by atoms with Crippen molar-refractivity contribution < 1.29 is 13.2 Å². The molecule has 5 nitrogen and oxygen atoms in total. The third-order valence-corrected chi connectivity index (χ3v) is 5.97. The Morgan fingerprint density at radius 1 is 0.926 bits per heavy atom. The van der Waals surface area contributed by atoms with Crippen molar-refractivity contribution in [1.29, 1.82) is 0 Å². The van der Waals surface area contributed by atoms with Gasteiger partial charge in [0.15, 0.2) is 0 Å². The van der Waals surface area contributed by atoms with E-state index in [4.69, 9.17) is 4.74 Å². The van der Waals surface area contributed by atoms with E-state index in [-0.39, 0.29) is 12.3 Å². The van der Waals surface area contributed by atoms with Gasteiger partial charge in [-0.3, -0.25) is 9.29 Å². The first-order chi connectivity index (χ1) is 13.1. The van der Waals surface area contributed by atoms with Gasteiger partial charge >= 0.3 is 0 Å². The van der Waals surface area contributed by atoms with Gasteiger partial charge in [0.05, 0.1) is 25.1 Å². The number of pyridine rings is 1. The standard InChI is InChI=1S/C21H22N2O3S/c1-26-21-11-9-20(10-12-21)23(17-19-8-5-14-22-16-19)27(24,25)15-13-18-6-3-2-4-7-18/h2-12,14,16H,13,15,17H2,1H3. The molecule has 0 amide bonds. The van der Waals surface area contributed by atoms with Gasteiger partial charge in [-0.1, -0.05) is 36.4 Å². The molecule has 0 aliphatic rings. The lowest BCUT2D eigenvalue weighted by Crippen LogP contribution is -2.33. The predicted molar refractivity (Wildman–Crippen MR) is 107 cm³/mol. The summed E-state index contributed by atoms with van der Waals surface area (Å²) in [5.74, 6) is 0.713. The van der Waals surface area contributed by atoms with Crippen LogP contribution in [0.25, 0.3) is 0 Å². The fraction of sp³-hybridized carbons (Fsp3) is 0.190. The number of hydrogen-bond donors (Lipinski definition) is 0. The molecule has 0 saturated carbocycles. The molecule has 140 valence electrons. The summed E-state index contributed by atoms with van der Waals surface area (Å²) >= 11 is 0. The van der Waals surface area contributed by atoms with Crippen LogP contribution >= 0.6 is 0 Å². The van der Waals surface area contributed by atoms with Gasteiger partial charge in [-0.25, -0.2) is 8.42 Å². The first-order valence-electron chi connectivity index (χ1n) is 8.66. The molecular weight excluding hydrogens is 360 g/mol. The fourth-order valence-corrected chi connectivity index (χ4v) is 4.26. The number of benzene rings is 2.